The van der Waals surface area contributed by atoms with Crippen LogP contribution in [0.1, 0.15) is 90.5 Å². The summed E-state index contributed by atoms with van der Waals surface area (Å²) in [6, 6.07) is 2.75. The average molecular weight is 824 g/mol. The first-order chi connectivity index (χ1) is 28.0. The highest BCUT2D eigenvalue weighted by molar-refractivity contribution is 6.33. The number of H-pyrrole nitrogens is 1. The van der Waals surface area contributed by atoms with E-state index in [-0.39, 0.29) is 66.0 Å². The van der Waals surface area contributed by atoms with Crippen LogP contribution in [0, 0.1) is 23.6 Å². The highest BCUT2D eigenvalue weighted by atomic mass is 35.5. The normalized spacial score (nSPS) is 30.4. The summed E-state index contributed by atoms with van der Waals surface area (Å²) in [5.74, 6) is -0.324. The molecule has 13 nitrogen and oxygen atoms in total. The second kappa shape index (κ2) is 16.6. The van der Waals surface area contributed by atoms with Gasteiger partial charge in [-0.25, -0.2) is 9.37 Å². The number of aromatic amines is 1. The SMILES string of the molecule is CC.COc1nc(-c2c(C)c(Cl)cc3[nH]ncc23)c(F)c2nc(OCC34CCCC3N(C3CCC5(CCOC5)CC3)CCC4)nc(N3CC(CO)OCC(C)(O)C3)c12. The molecule has 6 heterocycles. The Kier molecular flexibility index (Phi) is 11.8. The van der Waals surface area contributed by atoms with Crippen molar-refractivity contribution in [3.8, 4) is 23.1 Å². The van der Waals surface area contributed by atoms with Gasteiger partial charge in [-0.2, -0.15) is 15.1 Å². The van der Waals surface area contributed by atoms with Gasteiger partial charge in [0, 0.05) is 46.6 Å². The Hall–Kier alpha value is -3.40. The average Bonchev–Trinajstić information content (AvgIpc) is 3.98. The molecule has 3 N–H and O–H groups in total. The van der Waals surface area contributed by atoms with E-state index in [1.54, 1.807) is 24.1 Å². The number of aromatic nitrogens is 5. The Morgan fingerprint density at radius 1 is 1.07 bits per heavy atom. The number of aliphatic hydroxyl groups is 2. The largest absolute Gasteiger partial charge is 0.480 e. The fraction of sp³-hybridized carbons (Fsp3) is 0.674. The first-order valence-electron chi connectivity index (χ1n) is 21.3. The molecular formula is C43H59ClFN7O6. The quantitative estimate of drug-likeness (QED) is 0.168. The molecule has 9 rings (SSSR count). The summed E-state index contributed by atoms with van der Waals surface area (Å²) >= 11 is 6.67. The summed E-state index contributed by atoms with van der Waals surface area (Å²) in [6.45, 7) is 10.8. The molecule has 1 spiro atoms. The summed E-state index contributed by atoms with van der Waals surface area (Å²) in [5.41, 5.74) is 0.697. The van der Waals surface area contributed by atoms with Crippen molar-refractivity contribution in [3.05, 3.63) is 28.7 Å². The molecule has 3 aromatic heterocycles. The summed E-state index contributed by atoms with van der Waals surface area (Å²) in [4.78, 5) is 19.1. The minimum absolute atomic E-state index is 0.0000981. The third-order valence-corrected chi connectivity index (χ3v) is 14.1. The third-order valence-electron chi connectivity index (χ3n) is 13.7. The number of fused-ring (bicyclic) bond motifs is 3. The zero-order valence-electron chi connectivity index (χ0n) is 34.6. The number of likely N-dealkylation sites (tertiary alicyclic amines) is 1. The molecule has 316 valence electrons. The molecule has 58 heavy (non-hydrogen) atoms. The van der Waals surface area contributed by atoms with Crippen LogP contribution < -0.4 is 14.4 Å². The first kappa shape index (κ1) is 41.3. The fourth-order valence-corrected chi connectivity index (χ4v) is 10.9. The van der Waals surface area contributed by atoms with Crippen molar-refractivity contribution in [2.45, 2.75) is 116 Å². The summed E-state index contributed by atoms with van der Waals surface area (Å²) in [5, 5.41) is 30.0. The predicted octanol–water partition coefficient (Wildman–Crippen LogP) is 7.02. The maximum atomic E-state index is 17.4. The molecule has 4 atom stereocenters. The number of pyridine rings is 1. The summed E-state index contributed by atoms with van der Waals surface area (Å²) in [7, 11) is 1.47. The molecule has 1 aromatic carbocycles. The Balaban J connectivity index is 0.00000231. The molecule has 0 bridgehead atoms. The van der Waals surface area contributed by atoms with Crippen molar-refractivity contribution in [3.63, 3.8) is 0 Å². The van der Waals surface area contributed by atoms with Crippen molar-refractivity contribution in [2.24, 2.45) is 10.8 Å². The van der Waals surface area contributed by atoms with Gasteiger partial charge in [0.25, 0.3) is 0 Å². The molecule has 3 saturated heterocycles. The van der Waals surface area contributed by atoms with Crippen molar-refractivity contribution < 1.29 is 33.6 Å². The van der Waals surface area contributed by atoms with E-state index in [4.69, 9.17) is 45.5 Å². The van der Waals surface area contributed by atoms with Gasteiger partial charge < -0.3 is 34.1 Å². The number of nitrogens with one attached hydrogen (secondary N) is 1. The van der Waals surface area contributed by atoms with Gasteiger partial charge in [0.2, 0.25) is 5.88 Å². The molecule has 4 unspecified atom stereocenters. The van der Waals surface area contributed by atoms with Crippen LogP contribution in [0.5, 0.6) is 11.9 Å². The Morgan fingerprint density at radius 2 is 1.86 bits per heavy atom. The first-order valence-corrected chi connectivity index (χ1v) is 21.6. The topological polar surface area (TPSA) is 151 Å². The van der Waals surface area contributed by atoms with E-state index in [1.165, 1.54) is 39.2 Å². The van der Waals surface area contributed by atoms with E-state index in [9.17, 15) is 10.2 Å². The summed E-state index contributed by atoms with van der Waals surface area (Å²) in [6.07, 6.45) is 12.5. The molecular weight excluding hydrogens is 765 g/mol. The van der Waals surface area contributed by atoms with Crippen LogP contribution in [-0.2, 0) is 9.47 Å². The number of hydrogen-bond donors (Lipinski definition) is 3. The number of nitrogens with zero attached hydrogens (tertiary/aromatic N) is 6. The lowest BCUT2D eigenvalue weighted by Crippen LogP contribution is -2.56. The van der Waals surface area contributed by atoms with Gasteiger partial charge >= 0.3 is 6.01 Å². The van der Waals surface area contributed by atoms with Crippen LogP contribution in [0.2, 0.25) is 5.02 Å². The van der Waals surface area contributed by atoms with Gasteiger partial charge in [0.1, 0.15) is 28.0 Å². The number of β-amino-alcohol motifs (C(OH)–C–C–N with tert-alkyl or cyclic N) is 1. The zero-order chi connectivity index (χ0) is 40.8. The van der Waals surface area contributed by atoms with Gasteiger partial charge in [0.05, 0.1) is 57.9 Å². The minimum Gasteiger partial charge on any atom is -0.480 e. The van der Waals surface area contributed by atoms with Crippen molar-refractivity contribution in [1.29, 1.82) is 0 Å². The maximum absolute atomic E-state index is 17.4. The van der Waals surface area contributed by atoms with E-state index in [0.717, 1.165) is 51.9 Å². The fourth-order valence-electron chi connectivity index (χ4n) is 10.7. The van der Waals surface area contributed by atoms with Crippen LogP contribution >= 0.6 is 11.6 Å². The van der Waals surface area contributed by atoms with E-state index in [2.05, 4.69) is 15.1 Å². The van der Waals surface area contributed by atoms with E-state index in [1.807, 2.05) is 20.8 Å². The molecule has 2 aliphatic carbocycles. The van der Waals surface area contributed by atoms with Crippen LogP contribution in [0.4, 0.5) is 10.2 Å². The molecule has 5 aliphatic rings. The van der Waals surface area contributed by atoms with Crippen LogP contribution in [0.25, 0.3) is 33.1 Å². The van der Waals surface area contributed by atoms with E-state index in [0.29, 0.717) is 51.2 Å². The van der Waals surface area contributed by atoms with Gasteiger partial charge in [-0.1, -0.05) is 31.9 Å². The standard InChI is InChI=1S/C41H53ClFN7O6.C2H6/c1-24-28(42)16-29-27(17-44-48-29)31(24)34-33(43)35-32(37(45-34)53-3)36(49-18-26(19-51)55-21-39(2,52)20-49)47-38(46-35)56-23-41-9-4-6-30(41)50(14-5-10-41)25-7-11-40(12-8-25)13-15-54-22-40;1-2/h16-17,25-26,30,51-52H,4-15,18-23H2,1-3H3,(H,44,48);1-2H3. The van der Waals surface area contributed by atoms with Crippen molar-refractivity contribution in [2.75, 3.05) is 64.7 Å². The molecule has 4 aromatic rings. The van der Waals surface area contributed by atoms with Crippen LogP contribution in [0.3, 0.4) is 0 Å². The molecule has 0 amide bonds. The lowest BCUT2D eigenvalue weighted by molar-refractivity contribution is -0.0528. The highest BCUT2D eigenvalue weighted by Crippen LogP contribution is 2.52. The number of ether oxygens (including phenoxy) is 4. The monoisotopic (exact) mass is 823 g/mol. The number of rotatable bonds is 8. The second-order valence-corrected chi connectivity index (χ2v) is 17.9. The lowest BCUT2D eigenvalue weighted by Gasteiger charge is -2.51. The maximum Gasteiger partial charge on any atom is 0.319 e. The highest BCUT2D eigenvalue weighted by Gasteiger charge is 2.51. The number of benzene rings is 1. The smallest absolute Gasteiger partial charge is 0.319 e. The predicted molar refractivity (Wildman–Crippen MR) is 221 cm³/mol. The number of piperidine rings is 1. The molecule has 2 saturated carbocycles. The van der Waals surface area contributed by atoms with Crippen LogP contribution in [-0.4, -0.2) is 124 Å². The summed E-state index contributed by atoms with van der Waals surface area (Å²) < 4.78 is 41.7. The zero-order valence-corrected chi connectivity index (χ0v) is 35.3. The lowest BCUT2D eigenvalue weighted by atomic mass is 9.69. The Labute approximate surface area is 344 Å². The van der Waals surface area contributed by atoms with Crippen molar-refractivity contribution >= 4 is 39.2 Å². The minimum atomic E-state index is -1.31. The Bertz CT molecular complexity index is 2100. The third kappa shape index (κ3) is 7.51. The number of hydrogen-bond acceptors (Lipinski definition) is 12. The number of aliphatic hydroxyl groups excluding tert-OH is 1. The van der Waals surface area contributed by atoms with E-state index < -0.39 is 17.5 Å². The molecule has 3 aliphatic heterocycles. The van der Waals surface area contributed by atoms with Gasteiger partial charge in [0.15, 0.2) is 5.82 Å². The van der Waals surface area contributed by atoms with Crippen LogP contribution in [0.15, 0.2) is 12.3 Å². The van der Waals surface area contributed by atoms with Crippen molar-refractivity contribution in [1.82, 2.24) is 30.0 Å². The van der Waals surface area contributed by atoms with E-state index >= 15 is 4.39 Å². The number of methoxy groups -OCH3 is 1. The second-order valence-electron chi connectivity index (χ2n) is 17.5. The molecule has 15 heteroatoms. The molecule has 0 radical (unpaired) electrons. The number of anilines is 1. The Morgan fingerprint density at radius 3 is 2.60 bits per heavy atom. The van der Waals surface area contributed by atoms with Gasteiger partial charge in [-0.15, -0.1) is 0 Å². The van der Waals surface area contributed by atoms with Gasteiger partial charge in [-0.3, -0.25) is 10.00 Å². The molecule has 5 fully saturated rings. The number of halogens is 2. The van der Waals surface area contributed by atoms with Gasteiger partial charge in [-0.05, 0) is 95.2 Å².